The van der Waals surface area contributed by atoms with Gasteiger partial charge in [-0.2, -0.15) is 0 Å². The molecule has 8 aromatic rings. The quantitative estimate of drug-likeness (QED) is 0.176. The van der Waals surface area contributed by atoms with Crippen molar-refractivity contribution in [3.05, 3.63) is 169 Å². The van der Waals surface area contributed by atoms with Gasteiger partial charge in [-0.1, -0.05) is 121 Å². The standard InChI is InChI=1S/C43H30N4/c1-44-42(30-15-4-2-5-16-30)35-21-10-12-22-38(35)45-28-46-40-27-41-36(26-37(40)34-25-24-29-14-8-9-19-32(29)43(34)46)33-20-11-13-23-39(33)47(41)31-17-6-3-7-18-31/h2-27H,1,28H2/b42-35-,45-38-. The Morgan fingerprint density at radius 2 is 1.28 bits per heavy atom. The number of aliphatic imine (C=N–C) groups is 2. The molecule has 4 heteroatoms. The van der Waals surface area contributed by atoms with E-state index in [1.807, 2.05) is 30.4 Å². The molecule has 0 spiro atoms. The van der Waals surface area contributed by atoms with Crippen LogP contribution < -0.4 is 0 Å². The summed E-state index contributed by atoms with van der Waals surface area (Å²) in [4.78, 5) is 9.77. The minimum Gasteiger partial charge on any atom is -0.320 e. The lowest BCUT2D eigenvalue weighted by Crippen LogP contribution is -2.06. The van der Waals surface area contributed by atoms with Crippen molar-refractivity contribution in [2.45, 2.75) is 6.67 Å². The number of aromatic nitrogens is 2. The van der Waals surface area contributed by atoms with E-state index in [0.717, 1.165) is 33.7 Å². The smallest absolute Gasteiger partial charge is 0.115 e. The van der Waals surface area contributed by atoms with E-state index in [1.165, 1.54) is 48.9 Å². The summed E-state index contributed by atoms with van der Waals surface area (Å²) in [6.45, 7) is 4.37. The zero-order valence-electron chi connectivity index (χ0n) is 25.7. The molecule has 1 aliphatic carbocycles. The molecule has 0 aliphatic heterocycles. The van der Waals surface area contributed by atoms with Crippen LogP contribution in [0.3, 0.4) is 0 Å². The number of fused-ring (bicyclic) bond motifs is 8. The molecule has 4 nitrogen and oxygen atoms in total. The molecule has 9 rings (SSSR count). The van der Waals surface area contributed by atoms with Gasteiger partial charge in [-0.3, -0.25) is 9.98 Å². The molecule has 0 radical (unpaired) electrons. The van der Waals surface area contributed by atoms with E-state index < -0.39 is 0 Å². The highest BCUT2D eigenvalue weighted by molar-refractivity contribution is 6.23. The first-order valence-corrected chi connectivity index (χ1v) is 15.9. The number of benzene rings is 6. The molecule has 2 heterocycles. The van der Waals surface area contributed by atoms with Gasteiger partial charge >= 0.3 is 0 Å². The van der Waals surface area contributed by atoms with Crippen LogP contribution in [-0.4, -0.2) is 21.6 Å². The summed E-state index contributed by atoms with van der Waals surface area (Å²) in [5, 5.41) is 7.37. The molecular formula is C43H30N4. The van der Waals surface area contributed by atoms with Crippen molar-refractivity contribution in [3.63, 3.8) is 0 Å². The number of hydrogen-bond acceptors (Lipinski definition) is 2. The molecule has 0 saturated heterocycles. The first-order chi connectivity index (χ1) is 23.3. The Morgan fingerprint density at radius 1 is 0.574 bits per heavy atom. The molecule has 222 valence electrons. The molecule has 0 fully saturated rings. The van der Waals surface area contributed by atoms with Crippen LogP contribution in [0.2, 0.25) is 0 Å². The van der Waals surface area contributed by atoms with Crippen LogP contribution in [0.5, 0.6) is 0 Å². The predicted molar refractivity (Wildman–Crippen MR) is 200 cm³/mol. The number of para-hydroxylation sites is 2. The topological polar surface area (TPSA) is 34.6 Å². The van der Waals surface area contributed by atoms with E-state index in [-0.39, 0.29) is 0 Å². The predicted octanol–water partition coefficient (Wildman–Crippen LogP) is 10.7. The first-order valence-electron chi connectivity index (χ1n) is 15.9. The molecule has 0 atom stereocenters. The highest BCUT2D eigenvalue weighted by Gasteiger charge is 2.19. The molecule has 2 aromatic heterocycles. The third kappa shape index (κ3) is 4.30. The second kappa shape index (κ2) is 11.0. The van der Waals surface area contributed by atoms with E-state index in [9.17, 15) is 0 Å². The van der Waals surface area contributed by atoms with E-state index in [4.69, 9.17) is 4.99 Å². The lowest BCUT2D eigenvalue weighted by atomic mass is 9.99. The van der Waals surface area contributed by atoms with E-state index in [2.05, 4.69) is 148 Å². The maximum atomic E-state index is 5.30. The lowest BCUT2D eigenvalue weighted by molar-refractivity contribution is 0.795. The summed E-state index contributed by atoms with van der Waals surface area (Å²) in [7, 11) is 0. The second-order valence-corrected chi connectivity index (χ2v) is 11.9. The highest BCUT2D eigenvalue weighted by atomic mass is 15.1. The van der Waals surface area contributed by atoms with Gasteiger partial charge in [0, 0.05) is 43.8 Å². The zero-order valence-corrected chi connectivity index (χ0v) is 25.7. The Balaban J connectivity index is 1.34. The Hall–Kier alpha value is -6.26. The van der Waals surface area contributed by atoms with Crippen molar-refractivity contribution < 1.29 is 0 Å². The van der Waals surface area contributed by atoms with Gasteiger partial charge in [-0.25, -0.2) is 0 Å². The summed E-state index contributed by atoms with van der Waals surface area (Å²) in [5.41, 5.74) is 9.55. The maximum Gasteiger partial charge on any atom is 0.115 e. The number of rotatable bonds is 5. The monoisotopic (exact) mass is 602 g/mol. The van der Waals surface area contributed by atoms with Gasteiger partial charge in [0.1, 0.15) is 6.67 Å². The van der Waals surface area contributed by atoms with Crippen molar-refractivity contribution in [1.29, 1.82) is 0 Å². The van der Waals surface area contributed by atoms with Crippen molar-refractivity contribution in [1.82, 2.24) is 9.13 Å². The normalized spacial score (nSPS) is 15.1. The van der Waals surface area contributed by atoms with Crippen LogP contribution >= 0.6 is 0 Å². The molecule has 1 aliphatic rings. The molecule has 0 N–H and O–H groups in total. The fraction of sp³-hybridized carbons (Fsp3) is 0.0233. The zero-order chi connectivity index (χ0) is 31.3. The minimum absolute atomic E-state index is 0.446. The fourth-order valence-electron chi connectivity index (χ4n) is 7.22. The van der Waals surface area contributed by atoms with Gasteiger partial charge in [-0.05, 0) is 48.5 Å². The van der Waals surface area contributed by atoms with Gasteiger partial charge in [-0.15, -0.1) is 0 Å². The van der Waals surface area contributed by atoms with Crippen molar-refractivity contribution in [3.8, 4) is 5.69 Å². The highest BCUT2D eigenvalue weighted by Crippen LogP contribution is 2.40. The van der Waals surface area contributed by atoms with E-state index >= 15 is 0 Å². The molecular weight excluding hydrogens is 573 g/mol. The largest absolute Gasteiger partial charge is 0.320 e. The third-order valence-corrected chi connectivity index (χ3v) is 9.30. The minimum atomic E-state index is 0.446. The van der Waals surface area contributed by atoms with Gasteiger partial charge in [0.2, 0.25) is 0 Å². The molecule has 0 unspecified atom stereocenters. The summed E-state index contributed by atoms with van der Waals surface area (Å²) >= 11 is 0. The van der Waals surface area contributed by atoms with Gasteiger partial charge in [0.25, 0.3) is 0 Å². The summed E-state index contributed by atoms with van der Waals surface area (Å²) in [6.07, 6.45) is 8.23. The summed E-state index contributed by atoms with van der Waals surface area (Å²) in [6, 6.07) is 47.4. The summed E-state index contributed by atoms with van der Waals surface area (Å²) < 4.78 is 4.77. The Kier molecular flexibility index (Phi) is 6.32. The van der Waals surface area contributed by atoms with Crippen molar-refractivity contribution in [2.75, 3.05) is 0 Å². The van der Waals surface area contributed by atoms with Crippen LogP contribution in [0.4, 0.5) is 0 Å². The molecule has 47 heavy (non-hydrogen) atoms. The second-order valence-electron chi connectivity index (χ2n) is 11.9. The number of allylic oxidation sites excluding steroid dienone is 5. The van der Waals surface area contributed by atoms with Gasteiger partial charge in [0.05, 0.1) is 33.5 Å². The molecule has 0 bridgehead atoms. The van der Waals surface area contributed by atoms with Crippen LogP contribution in [-0.2, 0) is 6.67 Å². The fourth-order valence-corrected chi connectivity index (χ4v) is 7.22. The SMILES string of the molecule is C=N/C(=C1/C=CC=C/C1=N/Cn1c2cc3c(cc2c2ccc4ccccc4c21)c1ccccc1n3-c1ccccc1)c1ccccc1. The average molecular weight is 603 g/mol. The Bertz CT molecular complexity index is 2650. The van der Waals surface area contributed by atoms with Crippen LogP contribution in [0.15, 0.2) is 173 Å². The van der Waals surface area contributed by atoms with E-state index in [0.29, 0.717) is 6.67 Å². The number of nitrogens with zero attached hydrogens (tertiary/aromatic N) is 4. The molecule has 0 amide bonds. The summed E-state index contributed by atoms with van der Waals surface area (Å²) in [5.74, 6) is 0. The third-order valence-electron chi connectivity index (χ3n) is 9.30. The van der Waals surface area contributed by atoms with Crippen LogP contribution in [0.1, 0.15) is 5.56 Å². The lowest BCUT2D eigenvalue weighted by Gasteiger charge is -2.13. The Morgan fingerprint density at radius 3 is 2.11 bits per heavy atom. The van der Waals surface area contributed by atoms with Crippen molar-refractivity contribution >= 4 is 72.5 Å². The average Bonchev–Trinajstić information content (AvgIpc) is 3.63. The molecule has 0 saturated carbocycles. The van der Waals surface area contributed by atoms with Crippen molar-refractivity contribution in [2.24, 2.45) is 9.98 Å². The molecule has 6 aromatic carbocycles. The first kappa shape index (κ1) is 27.1. The van der Waals surface area contributed by atoms with Crippen LogP contribution in [0.25, 0.3) is 65.8 Å². The number of hydrogen-bond donors (Lipinski definition) is 0. The van der Waals surface area contributed by atoms with E-state index in [1.54, 1.807) is 0 Å². The Labute approximate surface area is 272 Å². The van der Waals surface area contributed by atoms with Gasteiger partial charge < -0.3 is 9.13 Å². The van der Waals surface area contributed by atoms with Gasteiger partial charge in [0.15, 0.2) is 0 Å². The maximum absolute atomic E-state index is 5.30. The van der Waals surface area contributed by atoms with Crippen LogP contribution in [0, 0.1) is 0 Å².